The number of fused-ring (bicyclic) bond motifs is 1. The smallest absolute Gasteiger partial charge is 0.243 e. The molecule has 0 spiro atoms. The Labute approximate surface area is 148 Å². The molecule has 1 N–H and O–H groups in total. The molecule has 132 valence electrons. The van der Waals surface area contributed by atoms with Crippen molar-refractivity contribution in [3.63, 3.8) is 0 Å². The zero-order chi connectivity index (χ0) is 18.0. The Morgan fingerprint density at radius 2 is 1.76 bits per heavy atom. The van der Waals surface area contributed by atoms with E-state index in [9.17, 15) is 14.4 Å². The maximum absolute atomic E-state index is 12.5. The second-order valence-corrected chi connectivity index (χ2v) is 6.85. The van der Waals surface area contributed by atoms with Crippen molar-refractivity contribution in [3.8, 4) is 0 Å². The van der Waals surface area contributed by atoms with Gasteiger partial charge >= 0.3 is 0 Å². The third kappa shape index (κ3) is 3.36. The summed E-state index contributed by atoms with van der Waals surface area (Å²) >= 11 is 0. The number of rotatable bonds is 5. The number of hydrogen-bond donors (Lipinski definition) is 1. The van der Waals surface area contributed by atoms with Crippen molar-refractivity contribution in [2.75, 3.05) is 6.54 Å². The van der Waals surface area contributed by atoms with Crippen molar-refractivity contribution in [1.82, 2.24) is 10.2 Å². The van der Waals surface area contributed by atoms with Gasteiger partial charge in [-0.1, -0.05) is 36.4 Å². The van der Waals surface area contributed by atoms with Crippen LogP contribution in [0.4, 0.5) is 0 Å². The fourth-order valence-corrected chi connectivity index (χ4v) is 3.68. The van der Waals surface area contributed by atoms with Crippen molar-refractivity contribution < 1.29 is 14.4 Å². The summed E-state index contributed by atoms with van der Waals surface area (Å²) in [6.07, 6.45) is 5.80. The Morgan fingerprint density at radius 1 is 1.16 bits per heavy atom. The zero-order valence-corrected chi connectivity index (χ0v) is 14.7. The number of hydrogen-bond acceptors (Lipinski definition) is 3. The first-order chi connectivity index (χ1) is 12.0. The summed E-state index contributed by atoms with van der Waals surface area (Å²) in [5, 5.41) is 2.86. The quantitative estimate of drug-likeness (QED) is 0.658. The first-order valence-electron chi connectivity index (χ1n) is 8.85. The molecule has 0 aromatic heterocycles. The molecule has 1 aromatic rings. The molecule has 3 atom stereocenters. The fourth-order valence-electron chi connectivity index (χ4n) is 3.68. The molecule has 3 rings (SSSR count). The number of carbonyl (C=O) groups excluding carboxylic acids is 3. The molecule has 1 aromatic carbocycles. The monoisotopic (exact) mass is 340 g/mol. The van der Waals surface area contributed by atoms with Crippen LogP contribution in [0.2, 0.25) is 0 Å². The van der Waals surface area contributed by atoms with E-state index in [2.05, 4.69) is 5.32 Å². The number of allylic oxidation sites excluding steroid dienone is 2. The lowest BCUT2D eigenvalue weighted by Gasteiger charge is -2.22. The van der Waals surface area contributed by atoms with E-state index in [0.29, 0.717) is 19.4 Å². The van der Waals surface area contributed by atoms with Gasteiger partial charge in [0.25, 0.3) is 0 Å². The second kappa shape index (κ2) is 7.21. The molecule has 25 heavy (non-hydrogen) atoms. The summed E-state index contributed by atoms with van der Waals surface area (Å²) in [4.78, 5) is 38.7. The largest absolute Gasteiger partial charge is 0.354 e. The molecule has 5 heteroatoms. The van der Waals surface area contributed by atoms with Gasteiger partial charge in [0.1, 0.15) is 6.04 Å². The van der Waals surface area contributed by atoms with Crippen LogP contribution in [0.15, 0.2) is 36.4 Å². The van der Waals surface area contributed by atoms with E-state index in [1.165, 1.54) is 16.0 Å². The van der Waals surface area contributed by atoms with Crippen LogP contribution in [0.1, 0.15) is 30.9 Å². The summed E-state index contributed by atoms with van der Waals surface area (Å²) < 4.78 is 0. The summed E-state index contributed by atoms with van der Waals surface area (Å²) in [5.41, 5.74) is 2.37. The lowest BCUT2D eigenvalue weighted by Crippen LogP contribution is -2.48. The number of aryl methyl sites for hydroxylation is 1. The Balaban J connectivity index is 1.58. The Morgan fingerprint density at radius 3 is 2.36 bits per heavy atom. The molecule has 0 saturated carbocycles. The van der Waals surface area contributed by atoms with Gasteiger partial charge in [-0.05, 0) is 44.2 Å². The standard InChI is InChI=1S/C20H24N2O3/c1-13-7-3-4-8-15(13)11-12-21-18(23)14(2)22-19(24)16-9-5-6-10-17(16)20(22)25/h3-8,14,16-17H,9-12H2,1-2H3,(H,21,23)/t14-,16-,17-/m0/s1. The number of likely N-dealkylation sites (tertiary alicyclic amines) is 1. The highest BCUT2D eigenvalue weighted by Gasteiger charge is 2.49. The minimum atomic E-state index is -0.762. The van der Waals surface area contributed by atoms with Gasteiger partial charge < -0.3 is 5.32 Å². The SMILES string of the molecule is Cc1ccccc1CCNC(=O)[C@H](C)N1C(=O)[C@H]2CC=CC[C@@H]2C1=O. The molecule has 2 aliphatic rings. The topological polar surface area (TPSA) is 66.5 Å². The van der Waals surface area contributed by atoms with Crippen molar-refractivity contribution in [2.45, 2.75) is 39.2 Å². The van der Waals surface area contributed by atoms with E-state index in [1.807, 2.05) is 43.3 Å². The molecule has 1 heterocycles. The zero-order valence-electron chi connectivity index (χ0n) is 14.7. The van der Waals surface area contributed by atoms with Crippen LogP contribution in [0.3, 0.4) is 0 Å². The molecule has 0 unspecified atom stereocenters. The van der Waals surface area contributed by atoms with E-state index in [1.54, 1.807) is 6.92 Å². The number of nitrogens with zero attached hydrogens (tertiary/aromatic N) is 1. The summed E-state index contributed by atoms with van der Waals surface area (Å²) in [7, 11) is 0. The van der Waals surface area contributed by atoms with E-state index < -0.39 is 6.04 Å². The molecule has 1 fully saturated rings. The minimum Gasteiger partial charge on any atom is -0.354 e. The molecule has 5 nitrogen and oxygen atoms in total. The average molecular weight is 340 g/mol. The molecule has 0 radical (unpaired) electrons. The Kier molecular flexibility index (Phi) is 5.02. The van der Waals surface area contributed by atoms with Gasteiger partial charge in [0.15, 0.2) is 0 Å². The van der Waals surface area contributed by atoms with Crippen LogP contribution >= 0.6 is 0 Å². The molecule has 0 bridgehead atoms. The van der Waals surface area contributed by atoms with E-state index in [4.69, 9.17) is 0 Å². The number of carbonyl (C=O) groups is 3. The van der Waals surface area contributed by atoms with E-state index in [0.717, 1.165) is 6.42 Å². The molecular weight excluding hydrogens is 316 g/mol. The third-order valence-corrected chi connectivity index (χ3v) is 5.26. The van der Waals surface area contributed by atoms with Crippen LogP contribution in [0, 0.1) is 18.8 Å². The third-order valence-electron chi connectivity index (χ3n) is 5.26. The minimum absolute atomic E-state index is 0.207. The van der Waals surface area contributed by atoms with Crippen LogP contribution in [0.25, 0.3) is 0 Å². The normalized spacial score (nSPS) is 23.5. The molecule has 3 amide bonds. The van der Waals surface area contributed by atoms with Crippen molar-refractivity contribution in [1.29, 1.82) is 0 Å². The van der Waals surface area contributed by atoms with Crippen LogP contribution < -0.4 is 5.32 Å². The van der Waals surface area contributed by atoms with Crippen LogP contribution in [-0.2, 0) is 20.8 Å². The van der Waals surface area contributed by atoms with Gasteiger partial charge in [-0.25, -0.2) is 0 Å². The first-order valence-corrected chi connectivity index (χ1v) is 8.85. The van der Waals surface area contributed by atoms with Gasteiger partial charge in [0, 0.05) is 6.54 Å². The van der Waals surface area contributed by atoms with Crippen molar-refractivity contribution >= 4 is 17.7 Å². The van der Waals surface area contributed by atoms with Gasteiger partial charge in [-0.2, -0.15) is 0 Å². The van der Waals surface area contributed by atoms with Gasteiger partial charge in [0.2, 0.25) is 17.7 Å². The fraction of sp³-hybridized carbons (Fsp3) is 0.450. The summed E-state index contributed by atoms with van der Waals surface area (Å²) in [5.74, 6) is -1.27. The second-order valence-electron chi connectivity index (χ2n) is 6.85. The lowest BCUT2D eigenvalue weighted by atomic mass is 9.85. The number of imide groups is 1. The van der Waals surface area contributed by atoms with Crippen LogP contribution in [-0.4, -0.2) is 35.2 Å². The maximum Gasteiger partial charge on any atom is 0.243 e. The molecule has 1 aliphatic carbocycles. The molecule has 1 saturated heterocycles. The average Bonchev–Trinajstić information content (AvgIpc) is 2.87. The number of benzene rings is 1. The summed E-state index contributed by atoms with van der Waals surface area (Å²) in [6.45, 7) is 4.15. The highest BCUT2D eigenvalue weighted by atomic mass is 16.2. The van der Waals surface area contributed by atoms with Crippen molar-refractivity contribution in [2.24, 2.45) is 11.8 Å². The highest BCUT2D eigenvalue weighted by Crippen LogP contribution is 2.36. The van der Waals surface area contributed by atoms with Gasteiger partial charge in [0.05, 0.1) is 11.8 Å². The van der Waals surface area contributed by atoms with Gasteiger partial charge in [-0.15, -0.1) is 0 Å². The maximum atomic E-state index is 12.5. The summed E-state index contributed by atoms with van der Waals surface area (Å²) in [6, 6.07) is 7.28. The number of nitrogens with one attached hydrogen (secondary N) is 1. The predicted octanol–water partition coefficient (Wildman–Crippen LogP) is 1.99. The predicted molar refractivity (Wildman–Crippen MR) is 94.6 cm³/mol. The Hall–Kier alpha value is -2.43. The molecular formula is C20H24N2O3. The Bertz CT molecular complexity index is 699. The lowest BCUT2D eigenvalue weighted by molar-refractivity contribution is -0.147. The highest BCUT2D eigenvalue weighted by molar-refractivity contribution is 6.08. The van der Waals surface area contributed by atoms with Crippen LogP contribution in [0.5, 0.6) is 0 Å². The van der Waals surface area contributed by atoms with E-state index >= 15 is 0 Å². The first kappa shape index (κ1) is 17.4. The van der Waals surface area contributed by atoms with E-state index in [-0.39, 0.29) is 29.6 Å². The van der Waals surface area contributed by atoms with Crippen molar-refractivity contribution in [3.05, 3.63) is 47.5 Å². The molecule has 1 aliphatic heterocycles. The number of amides is 3. The van der Waals surface area contributed by atoms with Gasteiger partial charge in [-0.3, -0.25) is 19.3 Å².